The van der Waals surface area contributed by atoms with Gasteiger partial charge in [-0.25, -0.2) is 4.99 Å². The monoisotopic (exact) mass is 358 g/mol. The summed E-state index contributed by atoms with van der Waals surface area (Å²) in [5, 5.41) is 6.47. The number of guanidine groups is 1. The van der Waals surface area contributed by atoms with Crippen LogP contribution in [0, 0.1) is 5.92 Å². The van der Waals surface area contributed by atoms with Crippen molar-refractivity contribution in [3.8, 4) is 0 Å². The van der Waals surface area contributed by atoms with E-state index in [0.29, 0.717) is 5.96 Å². The summed E-state index contributed by atoms with van der Waals surface area (Å²) in [7, 11) is 0. The van der Waals surface area contributed by atoms with E-state index in [-0.39, 0.29) is 12.5 Å². The molecule has 1 aliphatic carbocycles. The maximum absolute atomic E-state index is 12.5. The van der Waals surface area contributed by atoms with Gasteiger partial charge in [0, 0.05) is 38.5 Å². The summed E-state index contributed by atoms with van der Waals surface area (Å²) in [4.78, 5) is 18.8. The van der Waals surface area contributed by atoms with Gasteiger partial charge in [-0.05, 0) is 50.2 Å². The topological polar surface area (TPSA) is 66.0 Å². The molecule has 2 N–H and O–H groups in total. The number of carbonyl (C=O) groups excluding carboxylic acids is 1. The van der Waals surface area contributed by atoms with Crippen molar-refractivity contribution >= 4 is 17.6 Å². The Morgan fingerprint density at radius 1 is 1.31 bits per heavy atom. The molecular formula is C20H30N4O2. The van der Waals surface area contributed by atoms with Crippen LogP contribution in [0.4, 0.5) is 5.69 Å². The lowest BCUT2D eigenvalue weighted by molar-refractivity contribution is -0.117. The minimum atomic E-state index is 0.0416. The third-order valence-corrected chi connectivity index (χ3v) is 4.71. The Balaban J connectivity index is 1.42. The fourth-order valence-electron chi connectivity index (χ4n) is 3.09. The van der Waals surface area contributed by atoms with Gasteiger partial charge in [0.05, 0.1) is 0 Å². The zero-order valence-corrected chi connectivity index (χ0v) is 15.7. The van der Waals surface area contributed by atoms with Crippen molar-refractivity contribution in [2.24, 2.45) is 10.9 Å². The van der Waals surface area contributed by atoms with Gasteiger partial charge in [0.15, 0.2) is 5.96 Å². The van der Waals surface area contributed by atoms with Gasteiger partial charge in [-0.3, -0.25) is 4.79 Å². The molecule has 0 unspecified atom stereocenters. The van der Waals surface area contributed by atoms with Crippen LogP contribution < -0.4 is 15.5 Å². The molecular weight excluding hydrogens is 328 g/mol. The van der Waals surface area contributed by atoms with Crippen LogP contribution in [-0.2, 0) is 16.0 Å². The molecule has 0 aromatic heterocycles. The molecule has 0 atom stereocenters. The summed E-state index contributed by atoms with van der Waals surface area (Å²) in [5.74, 6) is 1.54. The van der Waals surface area contributed by atoms with Crippen molar-refractivity contribution < 1.29 is 9.53 Å². The molecule has 1 heterocycles. The Morgan fingerprint density at radius 3 is 2.96 bits per heavy atom. The molecule has 1 aromatic rings. The molecule has 142 valence electrons. The Labute approximate surface area is 156 Å². The normalized spacial score (nSPS) is 16.5. The first-order valence-electron chi connectivity index (χ1n) is 9.76. The van der Waals surface area contributed by atoms with Crippen LogP contribution in [0.2, 0.25) is 0 Å². The smallest absolute Gasteiger partial charge is 0.248 e. The fraction of sp³-hybridized carbons (Fsp3) is 0.600. The first kappa shape index (κ1) is 18.7. The lowest BCUT2D eigenvalue weighted by Gasteiger charge is -2.17. The predicted octanol–water partition coefficient (Wildman–Crippen LogP) is 1.95. The standard InChI is InChI=1S/C20H30N4O2/c1-2-21-20(22-11-5-13-26-15-16-8-9-16)23-14-19(25)24-12-10-17-6-3-4-7-18(17)24/h3-4,6-7,16H,2,5,8-15H2,1H3,(H2,21,22,23). The summed E-state index contributed by atoms with van der Waals surface area (Å²) in [6.07, 6.45) is 4.51. The average Bonchev–Trinajstić information content (AvgIpc) is 3.38. The second-order valence-corrected chi connectivity index (χ2v) is 6.92. The molecule has 1 fully saturated rings. The quantitative estimate of drug-likeness (QED) is 0.402. The number of ether oxygens (including phenoxy) is 1. The van der Waals surface area contributed by atoms with Gasteiger partial charge in [0.2, 0.25) is 5.91 Å². The van der Waals surface area contributed by atoms with Crippen LogP contribution in [0.25, 0.3) is 0 Å². The highest BCUT2D eigenvalue weighted by Gasteiger charge is 2.23. The van der Waals surface area contributed by atoms with E-state index in [4.69, 9.17) is 4.74 Å². The minimum absolute atomic E-state index is 0.0416. The lowest BCUT2D eigenvalue weighted by Crippen LogP contribution is -2.39. The molecule has 26 heavy (non-hydrogen) atoms. The Morgan fingerprint density at radius 2 is 2.15 bits per heavy atom. The highest BCUT2D eigenvalue weighted by Crippen LogP contribution is 2.28. The Hall–Kier alpha value is -2.08. The third-order valence-electron chi connectivity index (χ3n) is 4.71. The number of nitrogens with one attached hydrogen (secondary N) is 2. The average molecular weight is 358 g/mol. The van der Waals surface area contributed by atoms with Crippen LogP contribution in [0.15, 0.2) is 29.3 Å². The largest absolute Gasteiger partial charge is 0.381 e. The van der Waals surface area contributed by atoms with Crippen molar-refractivity contribution in [3.05, 3.63) is 29.8 Å². The van der Waals surface area contributed by atoms with Crippen molar-refractivity contribution in [2.75, 3.05) is 44.3 Å². The number of nitrogens with zero attached hydrogens (tertiary/aromatic N) is 2. The van der Waals surface area contributed by atoms with E-state index >= 15 is 0 Å². The third kappa shape index (κ3) is 5.46. The number of carbonyl (C=O) groups is 1. The van der Waals surface area contributed by atoms with E-state index in [1.54, 1.807) is 0 Å². The SMILES string of the molecule is CCNC(=NCC(=O)N1CCc2ccccc21)NCCCOCC1CC1. The van der Waals surface area contributed by atoms with E-state index in [0.717, 1.165) is 57.3 Å². The van der Waals surface area contributed by atoms with Crippen LogP contribution >= 0.6 is 0 Å². The molecule has 0 bridgehead atoms. The summed E-state index contributed by atoms with van der Waals surface area (Å²) in [6.45, 7) is 6.15. The Bertz CT molecular complexity index is 628. The maximum atomic E-state index is 12.5. The van der Waals surface area contributed by atoms with E-state index in [1.807, 2.05) is 30.0 Å². The van der Waals surface area contributed by atoms with Gasteiger partial charge < -0.3 is 20.3 Å². The minimum Gasteiger partial charge on any atom is -0.381 e. The highest BCUT2D eigenvalue weighted by atomic mass is 16.5. The molecule has 1 aliphatic heterocycles. The molecule has 1 amide bonds. The molecule has 3 rings (SSSR count). The van der Waals surface area contributed by atoms with Crippen LogP contribution in [0.3, 0.4) is 0 Å². The summed E-state index contributed by atoms with van der Waals surface area (Å²) >= 11 is 0. The predicted molar refractivity (Wildman–Crippen MR) is 105 cm³/mol. The van der Waals surface area contributed by atoms with Gasteiger partial charge in [-0.15, -0.1) is 0 Å². The van der Waals surface area contributed by atoms with E-state index in [1.165, 1.54) is 18.4 Å². The maximum Gasteiger partial charge on any atom is 0.248 e. The van der Waals surface area contributed by atoms with E-state index in [2.05, 4.69) is 21.7 Å². The lowest BCUT2D eigenvalue weighted by atomic mass is 10.2. The van der Waals surface area contributed by atoms with Gasteiger partial charge in [-0.1, -0.05) is 18.2 Å². The number of hydrogen-bond donors (Lipinski definition) is 2. The molecule has 6 heteroatoms. The summed E-state index contributed by atoms with van der Waals surface area (Å²) in [5.41, 5.74) is 2.26. The van der Waals surface area contributed by atoms with Gasteiger partial charge in [0.1, 0.15) is 6.54 Å². The molecule has 1 saturated carbocycles. The molecule has 0 spiro atoms. The second-order valence-electron chi connectivity index (χ2n) is 6.92. The van der Waals surface area contributed by atoms with Gasteiger partial charge in [0.25, 0.3) is 0 Å². The summed E-state index contributed by atoms with van der Waals surface area (Å²) < 4.78 is 5.64. The number of hydrogen-bond acceptors (Lipinski definition) is 3. The fourth-order valence-corrected chi connectivity index (χ4v) is 3.09. The summed E-state index contributed by atoms with van der Waals surface area (Å²) in [6, 6.07) is 8.09. The van der Waals surface area contributed by atoms with E-state index in [9.17, 15) is 4.79 Å². The van der Waals surface area contributed by atoms with Crippen LogP contribution in [-0.4, -0.2) is 51.3 Å². The number of anilines is 1. The van der Waals surface area contributed by atoms with Crippen molar-refractivity contribution in [1.29, 1.82) is 0 Å². The number of amides is 1. The van der Waals surface area contributed by atoms with Gasteiger partial charge in [-0.2, -0.15) is 0 Å². The highest BCUT2D eigenvalue weighted by molar-refractivity contribution is 5.98. The number of benzene rings is 1. The van der Waals surface area contributed by atoms with Gasteiger partial charge >= 0.3 is 0 Å². The first-order chi connectivity index (χ1) is 12.8. The molecule has 0 radical (unpaired) electrons. The van der Waals surface area contributed by atoms with Crippen molar-refractivity contribution in [1.82, 2.24) is 10.6 Å². The zero-order valence-electron chi connectivity index (χ0n) is 15.7. The molecule has 1 aromatic carbocycles. The molecule has 0 saturated heterocycles. The number of para-hydroxylation sites is 1. The van der Waals surface area contributed by atoms with E-state index < -0.39 is 0 Å². The second kappa shape index (κ2) is 9.57. The Kier molecular flexibility index (Phi) is 6.89. The number of aliphatic imine (C=N–C) groups is 1. The zero-order chi connectivity index (χ0) is 18.2. The number of rotatable bonds is 9. The van der Waals surface area contributed by atoms with Crippen LogP contribution in [0.1, 0.15) is 31.7 Å². The van der Waals surface area contributed by atoms with Crippen molar-refractivity contribution in [2.45, 2.75) is 32.6 Å². The first-order valence-corrected chi connectivity index (χ1v) is 9.76. The van der Waals surface area contributed by atoms with Crippen LogP contribution in [0.5, 0.6) is 0 Å². The van der Waals surface area contributed by atoms with Crippen molar-refractivity contribution in [3.63, 3.8) is 0 Å². The molecule has 2 aliphatic rings. The molecule has 6 nitrogen and oxygen atoms in total. The number of fused-ring (bicyclic) bond motifs is 1.